The lowest BCUT2D eigenvalue weighted by molar-refractivity contribution is -0.123. The molecule has 25 heavy (non-hydrogen) atoms. The fourth-order valence-corrected chi connectivity index (χ4v) is 2.85. The van der Waals surface area contributed by atoms with Gasteiger partial charge in [0.05, 0.1) is 0 Å². The number of carbonyl (C=O) groups excluding carboxylic acids is 3. The van der Waals surface area contributed by atoms with Crippen LogP contribution in [0.5, 0.6) is 0 Å². The van der Waals surface area contributed by atoms with E-state index in [1.165, 1.54) is 12.1 Å². The third kappa shape index (κ3) is 3.83. The molecule has 7 heteroatoms. The average Bonchev–Trinajstić information content (AvgIpc) is 2.55. The lowest BCUT2D eigenvalue weighted by atomic mass is 9.97. The Morgan fingerprint density at radius 2 is 1.64 bits per heavy atom. The van der Waals surface area contributed by atoms with E-state index in [0.717, 1.165) is 10.0 Å². The molecule has 3 rings (SSSR count). The van der Waals surface area contributed by atoms with Crippen LogP contribution in [-0.2, 0) is 16.0 Å². The maximum absolute atomic E-state index is 13.9. The van der Waals surface area contributed by atoms with Crippen LogP contribution in [0.25, 0.3) is 6.08 Å². The van der Waals surface area contributed by atoms with Gasteiger partial charge >= 0.3 is 6.03 Å². The summed E-state index contributed by atoms with van der Waals surface area (Å²) in [6, 6.07) is 10.8. The minimum Gasteiger partial charge on any atom is -0.273 e. The number of imide groups is 2. The highest BCUT2D eigenvalue weighted by molar-refractivity contribution is 9.10. The van der Waals surface area contributed by atoms with E-state index >= 15 is 0 Å². The molecular formula is C18H12BrFN2O3. The first-order chi connectivity index (χ1) is 11.9. The number of benzene rings is 2. The van der Waals surface area contributed by atoms with Gasteiger partial charge in [0.15, 0.2) is 0 Å². The van der Waals surface area contributed by atoms with Gasteiger partial charge in [0.2, 0.25) is 0 Å². The fraction of sp³-hybridized carbons (Fsp3) is 0.0556. The number of nitrogens with one attached hydrogen (secondary N) is 2. The molecule has 1 saturated heterocycles. The molecular weight excluding hydrogens is 391 g/mol. The van der Waals surface area contributed by atoms with Gasteiger partial charge in [0.25, 0.3) is 11.8 Å². The van der Waals surface area contributed by atoms with Crippen LogP contribution in [0, 0.1) is 5.82 Å². The van der Waals surface area contributed by atoms with Crippen LogP contribution in [0.3, 0.4) is 0 Å². The van der Waals surface area contributed by atoms with Crippen molar-refractivity contribution < 1.29 is 18.8 Å². The zero-order valence-electron chi connectivity index (χ0n) is 12.8. The molecule has 5 nitrogen and oxygen atoms in total. The number of rotatable bonds is 3. The van der Waals surface area contributed by atoms with Crippen molar-refractivity contribution in [3.8, 4) is 0 Å². The summed E-state index contributed by atoms with van der Waals surface area (Å²) in [5.41, 5.74) is 1.62. The molecule has 2 N–H and O–H groups in total. The van der Waals surface area contributed by atoms with E-state index in [1.54, 1.807) is 36.4 Å². The van der Waals surface area contributed by atoms with Gasteiger partial charge in [-0.3, -0.25) is 20.2 Å². The molecule has 4 amide bonds. The lowest BCUT2D eigenvalue weighted by Gasteiger charge is -2.15. The Morgan fingerprint density at radius 1 is 0.960 bits per heavy atom. The summed E-state index contributed by atoms with van der Waals surface area (Å²) in [5, 5.41) is 4.05. The zero-order valence-corrected chi connectivity index (χ0v) is 14.4. The number of carbonyl (C=O) groups is 3. The molecule has 0 spiro atoms. The van der Waals surface area contributed by atoms with Crippen molar-refractivity contribution in [2.45, 2.75) is 6.42 Å². The standard InChI is InChI=1S/C18H12BrFN2O3/c19-13-6-5-10(7-11-3-1-2-4-15(11)20)12(8-13)9-14-16(23)21-18(25)22-17(14)24/h1-6,8-9H,7H2,(H2,21,22,23,24,25). The normalized spacial score (nSPS) is 14.2. The van der Waals surface area contributed by atoms with Gasteiger partial charge in [-0.05, 0) is 41.0 Å². The molecule has 2 aromatic rings. The van der Waals surface area contributed by atoms with Gasteiger partial charge in [0, 0.05) is 10.9 Å². The van der Waals surface area contributed by atoms with Crippen LogP contribution >= 0.6 is 15.9 Å². The van der Waals surface area contributed by atoms with Gasteiger partial charge < -0.3 is 0 Å². The van der Waals surface area contributed by atoms with E-state index in [0.29, 0.717) is 17.5 Å². The molecule has 0 aromatic heterocycles. The summed E-state index contributed by atoms with van der Waals surface area (Å²) in [5.74, 6) is -1.88. The van der Waals surface area contributed by atoms with E-state index in [-0.39, 0.29) is 11.4 Å². The van der Waals surface area contributed by atoms with Crippen LogP contribution in [0.2, 0.25) is 0 Å². The molecule has 0 unspecified atom stereocenters. The lowest BCUT2D eigenvalue weighted by Crippen LogP contribution is -2.51. The molecule has 1 aliphatic rings. The second-order valence-corrected chi connectivity index (χ2v) is 6.32. The molecule has 0 bridgehead atoms. The quantitative estimate of drug-likeness (QED) is 0.612. The Balaban J connectivity index is 2.01. The third-order valence-electron chi connectivity index (χ3n) is 3.69. The molecule has 0 aliphatic carbocycles. The number of halogens is 2. The van der Waals surface area contributed by atoms with Gasteiger partial charge in [-0.2, -0.15) is 0 Å². The van der Waals surface area contributed by atoms with E-state index in [9.17, 15) is 18.8 Å². The smallest absolute Gasteiger partial charge is 0.273 e. The van der Waals surface area contributed by atoms with E-state index < -0.39 is 17.8 Å². The van der Waals surface area contributed by atoms with E-state index in [2.05, 4.69) is 15.9 Å². The molecule has 1 fully saturated rings. The highest BCUT2D eigenvalue weighted by atomic mass is 79.9. The summed E-state index contributed by atoms with van der Waals surface area (Å²) in [6.07, 6.45) is 1.68. The molecule has 1 aliphatic heterocycles. The highest BCUT2D eigenvalue weighted by Crippen LogP contribution is 2.23. The fourth-order valence-electron chi connectivity index (χ4n) is 2.47. The summed E-state index contributed by atoms with van der Waals surface area (Å²) in [6.45, 7) is 0. The van der Waals surface area contributed by atoms with Gasteiger partial charge in [-0.25, -0.2) is 9.18 Å². The highest BCUT2D eigenvalue weighted by Gasteiger charge is 2.27. The first-order valence-electron chi connectivity index (χ1n) is 7.34. The Bertz CT molecular complexity index is 902. The Hall–Kier alpha value is -2.80. The van der Waals surface area contributed by atoms with Crippen LogP contribution < -0.4 is 10.6 Å². The Labute approximate surface area is 151 Å². The van der Waals surface area contributed by atoms with Gasteiger partial charge in [-0.1, -0.05) is 40.2 Å². The molecule has 0 radical (unpaired) electrons. The second-order valence-electron chi connectivity index (χ2n) is 5.41. The predicted octanol–water partition coefficient (Wildman–Crippen LogP) is 2.93. The number of hydrogen-bond acceptors (Lipinski definition) is 3. The minimum absolute atomic E-state index is 0.188. The van der Waals surface area contributed by atoms with Gasteiger partial charge in [0.1, 0.15) is 11.4 Å². The zero-order chi connectivity index (χ0) is 18.0. The summed E-state index contributed by atoms with van der Waals surface area (Å²) >= 11 is 3.34. The van der Waals surface area contributed by atoms with Gasteiger partial charge in [-0.15, -0.1) is 0 Å². The molecule has 126 valence electrons. The van der Waals surface area contributed by atoms with Crippen molar-refractivity contribution in [3.63, 3.8) is 0 Å². The average molecular weight is 403 g/mol. The number of barbiturate groups is 1. The predicted molar refractivity (Wildman–Crippen MR) is 93.0 cm³/mol. The Kier molecular flexibility index (Phi) is 4.76. The molecule has 1 heterocycles. The first kappa shape index (κ1) is 17.0. The van der Waals surface area contributed by atoms with Crippen LogP contribution in [0.15, 0.2) is 52.5 Å². The van der Waals surface area contributed by atoms with Crippen molar-refractivity contribution in [1.82, 2.24) is 10.6 Å². The van der Waals surface area contributed by atoms with Crippen LogP contribution in [0.4, 0.5) is 9.18 Å². The Morgan fingerprint density at radius 3 is 2.32 bits per heavy atom. The van der Waals surface area contributed by atoms with Crippen molar-refractivity contribution >= 4 is 39.9 Å². The van der Waals surface area contributed by atoms with E-state index in [1.807, 2.05) is 10.6 Å². The largest absolute Gasteiger partial charge is 0.328 e. The summed E-state index contributed by atoms with van der Waals surface area (Å²) in [7, 11) is 0. The second kappa shape index (κ2) is 6.98. The van der Waals surface area contributed by atoms with Crippen molar-refractivity contribution in [2.24, 2.45) is 0 Å². The first-order valence-corrected chi connectivity index (χ1v) is 8.13. The maximum Gasteiger partial charge on any atom is 0.328 e. The SMILES string of the molecule is O=C1NC(=O)C(=Cc2cc(Br)ccc2Cc2ccccc2F)C(=O)N1. The minimum atomic E-state index is -0.854. The topological polar surface area (TPSA) is 75.3 Å². The number of amides is 4. The third-order valence-corrected chi connectivity index (χ3v) is 4.18. The molecule has 2 aromatic carbocycles. The van der Waals surface area contributed by atoms with Crippen molar-refractivity contribution in [2.75, 3.05) is 0 Å². The molecule has 0 atom stereocenters. The van der Waals surface area contributed by atoms with Crippen LogP contribution in [0.1, 0.15) is 16.7 Å². The van der Waals surface area contributed by atoms with Crippen molar-refractivity contribution in [3.05, 3.63) is 75.0 Å². The van der Waals surface area contributed by atoms with Crippen molar-refractivity contribution in [1.29, 1.82) is 0 Å². The van der Waals surface area contributed by atoms with Crippen LogP contribution in [-0.4, -0.2) is 17.8 Å². The maximum atomic E-state index is 13.9. The molecule has 0 saturated carbocycles. The summed E-state index contributed by atoms with van der Waals surface area (Å²) < 4.78 is 14.7. The van der Waals surface area contributed by atoms with E-state index in [4.69, 9.17) is 0 Å². The summed E-state index contributed by atoms with van der Waals surface area (Å²) in [4.78, 5) is 34.9. The number of hydrogen-bond donors (Lipinski definition) is 2. The number of urea groups is 1. The monoisotopic (exact) mass is 402 g/mol.